The number of nitrogens with one attached hydrogen (secondary N) is 1. The molecule has 16 heavy (non-hydrogen) atoms. The van der Waals surface area contributed by atoms with Crippen molar-refractivity contribution >= 4 is 0 Å². The molecular formula is C13H21N3. The maximum absolute atomic E-state index is 8.80. The smallest absolute Gasteiger partial charge is 0.0628 e. The summed E-state index contributed by atoms with van der Waals surface area (Å²) in [6.45, 7) is 3.68. The predicted octanol–water partition coefficient (Wildman–Crippen LogP) is 1.51. The van der Waals surface area contributed by atoms with Gasteiger partial charge in [-0.25, -0.2) is 0 Å². The molecule has 3 heteroatoms. The normalized spacial score (nSPS) is 35.9. The molecule has 1 saturated carbocycles. The summed E-state index contributed by atoms with van der Waals surface area (Å²) in [6, 6.07) is 3.85. The molecule has 3 fully saturated rings. The Hall–Kier alpha value is -0.590. The molecule has 3 aliphatic rings. The molecular weight excluding hydrogens is 198 g/mol. The summed E-state index contributed by atoms with van der Waals surface area (Å²) in [7, 11) is 0. The van der Waals surface area contributed by atoms with Crippen molar-refractivity contribution in [2.75, 3.05) is 19.6 Å². The van der Waals surface area contributed by atoms with Crippen molar-refractivity contribution < 1.29 is 0 Å². The summed E-state index contributed by atoms with van der Waals surface area (Å²) in [6.07, 6.45) is 7.34. The van der Waals surface area contributed by atoms with Crippen LogP contribution in [0.15, 0.2) is 0 Å². The highest BCUT2D eigenvalue weighted by atomic mass is 15.2. The second kappa shape index (κ2) is 4.01. The van der Waals surface area contributed by atoms with E-state index in [4.69, 9.17) is 5.26 Å². The van der Waals surface area contributed by atoms with E-state index >= 15 is 0 Å². The molecule has 1 N–H and O–H groups in total. The summed E-state index contributed by atoms with van der Waals surface area (Å²) >= 11 is 0. The van der Waals surface area contributed by atoms with Crippen LogP contribution in [-0.2, 0) is 0 Å². The van der Waals surface area contributed by atoms with E-state index in [0.717, 1.165) is 19.0 Å². The number of hydrogen-bond acceptors (Lipinski definition) is 3. The van der Waals surface area contributed by atoms with E-state index in [1.165, 1.54) is 45.2 Å². The lowest BCUT2D eigenvalue weighted by molar-refractivity contribution is 0.291. The van der Waals surface area contributed by atoms with Crippen LogP contribution in [0.2, 0.25) is 0 Å². The van der Waals surface area contributed by atoms with Gasteiger partial charge in [-0.05, 0) is 44.1 Å². The first kappa shape index (κ1) is 10.6. The maximum Gasteiger partial charge on any atom is 0.0628 e. The highest BCUT2D eigenvalue weighted by Crippen LogP contribution is 2.48. The molecule has 0 aromatic rings. The molecule has 2 unspecified atom stereocenters. The third-order valence-corrected chi connectivity index (χ3v) is 4.76. The van der Waals surface area contributed by atoms with Crippen LogP contribution in [0.5, 0.6) is 0 Å². The van der Waals surface area contributed by atoms with Gasteiger partial charge >= 0.3 is 0 Å². The van der Waals surface area contributed by atoms with Gasteiger partial charge in [-0.2, -0.15) is 5.26 Å². The Kier molecular flexibility index (Phi) is 2.65. The van der Waals surface area contributed by atoms with E-state index in [2.05, 4.69) is 16.3 Å². The number of rotatable bonds is 4. The second-order valence-electron chi connectivity index (χ2n) is 5.86. The molecule has 0 bridgehead atoms. The average Bonchev–Trinajstić information content (AvgIpc) is 2.75. The van der Waals surface area contributed by atoms with Crippen molar-refractivity contribution in [1.29, 1.82) is 5.26 Å². The topological polar surface area (TPSA) is 39.1 Å². The number of hydrogen-bond donors (Lipinski definition) is 1. The van der Waals surface area contributed by atoms with Crippen LogP contribution in [0.25, 0.3) is 0 Å². The summed E-state index contributed by atoms with van der Waals surface area (Å²) in [5.41, 5.74) is 0.362. The van der Waals surface area contributed by atoms with E-state index < -0.39 is 0 Å². The minimum Gasteiger partial charge on any atom is -0.312 e. The predicted molar refractivity (Wildman–Crippen MR) is 62.9 cm³/mol. The van der Waals surface area contributed by atoms with Gasteiger partial charge in [0, 0.05) is 31.6 Å². The molecule has 2 heterocycles. The molecule has 2 aliphatic heterocycles. The Morgan fingerprint density at radius 1 is 1.31 bits per heavy atom. The summed E-state index contributed by atoms with van der Waals surface area (Å²) in [4.78, 5) is 2.64. The summed E-state index contributed by atoms with van der Waals surface area (Å²) in [5, 5.41) is 12.5. The quantitative estimate of drug-likeness (QED) is 0.779. The average molecular weight is 219 g/mol. The highest BCUT2D eigenvalue weighted by Gasteiger charge is 2.44. The van der Waals surface area contributed by atoms with Crippen LogP contribution in [0.4, 0.5) is 0 Å². The largest absolute Gasteiger partial charge is 0.312 e. The van der Waals surface area contributed by atoms with Crippen molar-refractivity contribution in [2.24, 2.45) is 5.41 Å². The van der Waals surface area contributed by atoms with Gasteiger partial charge in [-0.1, -0.05) is 0 Å². The first-order valence-corrected chi connectivity index (χ1v) is 6.67. The van der Waals surface area contributed by atoms with E-state index in [1.54, 1.807) is 0 Å². The molecule has 1 aliphatic carbocycles. The highest BCUT2D eigenvalue weighted by molar-refractivity contribution is 5.03. The van der Waals surface area contributed by atoms with Gasteiger partial charge < -0.3 is 5.32 Å². The molecule has 88 valence electrons. The third-order valence-electron chi connectivity index (χ3n) is 4.76. The molecule has 0 amide bonds. The first-order chi connectivity index (χ1) is 7.83. The lowest BCUT2D eigenvalue weighted by atomic mass is 10.0. The Labute approximate surface area is 97.8 Å². The summed E-state index contributed by atoms with van der Waals surface area (Å²) < 4.78 is 0. The number of nitrogens with zero attached hydrogens (tertiary/aromatic N) is 2. The van der Waals surface area contributed by atoms with Crippen molar-refractivity contribution in [3.8, 4) is 6.07 Å². The minimum absolute atomic E-state index is 0.362. The third kappa shape index (κ3) is 1.85. The monoisotopic (exact) mass is 219 g/mol. The van der Waals surface area contributed by atoms with Crippen LogP contribution in [0.3, 0.4) is 0 Å². The van der Waals surface area contributed by atoms with Crippen molar-refractivity contribution in [1.82, 2.24) is 10.2 Å². The van der Waals surface area contributed by atoms with Crippen LogP contribution in [0, 0.1) is 16.7 Å². The van der Waals surface area contributed by atoms with Crippen LogP contribution in [-0.4, -0.2) is 36.6 Å². The van der Waals surface area contributed by atoms with Crippen molar-refractivity contribution in [3.63, 3.8) is 0 Å². The van der Waals surface area contributed by atoms with Gasteiger partial charge in [-0.15, -0.1) is 0 Å². The van der Waals surface area contributed by atoms with Crippen LogP contribution < -0.4 is 5.32 Å². The Morgan fingerprint density at radius 3 is 2.94 bits per heavy atom. The molecule has 2 saturated heterocycles. The number of fused-ring (bicyclic) bond motifs is 1. The van der Waals surface area contributed by atoms with Crippen molar-refractivity contribution in [3.05, 3.63) is 0 Å². The van der Waals surface area contributed by atoms with Crippen LogP contribution in [0.1, 0.15) is 38.5 Å². The molecule has 2 atom stereocenters. The Balaban J connectivity index is 1.51. The fourth-order valence-corrected chi connectivity index (χ4v) is 3.43. The fraction of sp³-hybridized carbons (Fsp3) is 0.923. The van der Waals surface area contributed by atoms with E-state index in [1.807, 2.05) is 0 Å². The van der Waals surface area contributed by atoms with Gasteiger partial charge in [-0.3, -0.25) is 4.90 Å². The van der Waals surface area contributed by atoms with Crippen LogP contribution >= 0.6 is 0 Å². The zero-order valence-corrected chi connectivity index (χ0v) is 9.91. The van der Waals surface area contributed by atoms with Gasteiger partial charge in [0.15, 0.2) is 0 Å². The standard InChI is InChI=1S/C13H21N3/c14-7-6-13(4-5-13)10-15-11-3-9-16-8-1-2-12(11)16/h11-12,15H,1-6,8-10H2. The van der Waals surface area contributed by atoms with Gasteiger partial charge in [0.05, 0.1) is 6.07 Å². The molecule has 3 nitrogen and oxygen atoms in total. The van der Waals surface area contributed by atoms with E-state index in [9.17, 15) is 0 Å². The van der Waals surface area contributed by atoms with E-state index in [-0.39, 0.29) is 0 Å². The van der Waals surface area contributed by atoms with E-state index in [0.29, 0.717) is 11.5 Å². The fourth-order valence-electron chi connectivity index (χ4n) is 3.43. The molecule has 0 radical (unpaired) electrons. The first-order valence-electron chi connectivity index (χ1n) is 6.67. The maximum atomic E-state index is 8.80. The lowest BCUT2D eigenvalue weighted by Gasteiger charge is -2.23. The Morgan fingerprint density at radius 2 is 2.19 bits per heavy atom. The Bertz CT molecular complexity index is 303. The number of nitriles is 1. The molecule has 0 spiro atoms. The zero-order valence-electron chi connectivity index (χ0n) is 9.91. The molecule has 3 rings (SSSR count). The minimum atomic E-state index is 0.362. The van der Waals surface area contributed by atoms with Gasteiger partial charge in [0.25, 0.3) is 0 Å². The second-order valence-corrected chi connectivity index (χ2v) is 5.86. The molecule has 0 aromatic carbocycles. The van der Waals surface area contributed by atoms with Crippen molar-refractivity contribution in [2.45, 2.75) is 50.6 Å². The zero-order chi connectivity index (χ0) is 11.0. The lowest BCUT2D eigenvalue weighted by Crippen LogP contribution is -2.41. The summed E-state index contributed by atoms with van der Waals surface area (Å²) in [5.74, 6) is 0. The molecule has 0 aromatic heterocycles. The van der Waals surface area contributed by atoms with Gasteiger partial charge in [0.1, 0.15) is 0 Å². The van der Waals surface area contributed by atoms with Gasteiger partial charge in [0.2, 0.25) is 0 Å². The SMILES string of the molecule is N#CCC1(CNC2CCN3CCCC23)CC1.